The highest BCUT2D eigenvalue weighted by atomic mass is 79.9. The van der Waals surface area contributed by atoms with Crippen LogP contribution in [0.5, 0.6) is 0 Å². The van der Waals surface area contributed by atoms with Crippen molar-refractivity contribution < 1.29 is 5.11 Å². The molecule has 0 fully saturated rings. The summed E-state index contributed by atoms with van der Waals surface area (Å²) in [4.78, 5) is 1.31. The molecule has 0 radical (unpaired) electrons. The SMILES string of the molecule is CC(C)(O)CCNCc1ccc(Br)s1. The lowest BCUT2D eigenvalue weighted by Crippen LogP contribution is -2.26. The second-order valence-corrected chi connectivity index (χ2v) is 6.49. The van der Waals surface area contributed by atoms with Gasteiger partial charge in [-0.3, -0.25) is 0 Å². The van der Waals surface area contributed by atoms with E-state index in [1.165, 1.54) is 4.88 Å². The van der Waals surface area contributed by atoms with Crippen molar-refractivity contribution in [2.45, 2.75) is 32.4 Å². The fourth-order valence-corrected chi connectivity index (χ4v) is 2.51. The van der Waals surface area contributed by atoms with Crippen LogP contribution >= 0.6 is 27.3 Å². The molecule has 2 nitrogen and oxygen atoms in total. The summed E-state index contributed by atoms with van der Waals surface area (Å²) in [6.07, 6.45) is 0.777. The van der Waals surface area contributed by atoms with Gasteiger partial charge in [-0.05, 0) is 54.9 Å². The Morgan fingerprint density at radius 1 is 1.50 bits per heavy atom. The normalized spacial score (nSPS) is 12.0. The molecule has 0 amide bonds. The molecule has 1 heterocycles. The number of hydrogen-bond acceptors (Lipinski definition) is 3. The molecule has 1 rings (SSSR count). The maximum atomic E-state index is 9.47. The first-order valence-corrected chi connectivity index (χ1v) is 6.26. The van der Waals surface area contributed by atoms with Crippen LogP contribution in [0.3, 0.4) is 0 Å². The maximum Gasteiger partial charge on any atom is 0.0701 e. The van der Waals surface area contributed by atoms with Crippen molar-refractivity contribution in [2.24, 2.45) is 0 Å². The van der Waals surface area contributed by atoms with Crippen molar-refractivity contribution in [1.82, 2.24) is 5.32 Å². The zero-order valence-electron chi connectivity index (χ0n) is 8.51. The van der Waals surface area contributed by atoms with Gasteiger partial charge in [0.2, 0.25) is 0 Å². The summed E-state index contributed by atoms with van der Waals surface area (Å²) >= 11 is 5.16. The van der Waals surface area contributed by atoms with Crippen LogP contribution in [0.1, 0.15) is 25.1 Å². The predicted molar refractivity (Wildman–Crippen MR) is 64.6 cm³/mol. The molecule has 0 atom stereocenters. The number of nitrogens with one attached hydrogen (secondary N) is 1. The third-order valence-corrected chi connectivity index (χ3v) is 3.47. The number of hydrogen-bond donors (Lipinski definition) is 2. The number of rotatable bonds is 5. The lowest BCUT2D eigenvalue weighted by molar-refractivity contribution is 0.0711. The molecule has 14 heavy (non-hydrogen) atoms. The van der Waals surface area contributed by atoms with Gasteiger partial charge in [0.05, 0.1) is 9.39 Å². The van der Waals surface area contributed by atoms with Gasteiger partial charge in [0.25, 0.3) is 0 Å². The Kier molecular flexibility index (Phi) is 4.57. The van der Waals surface area contributed by atoms with Crippen LogP contribution in [-0.2, 0) is 6.54 Å². The van der Waals surface area contributed by atoms with Gasteiger partial charge < -0.3 is 10.4 Å². The molecule has 0 aliphatic carbocycles. The topological polar surface area (TPSA) is 32.3 Å². The molecule has 0 spiro atoms. The Morgan fingerprint density at radius 2 is 2.21 bits per heavy atom. The van der Waals surface area contributed by atoms with Gasteiger partial charge in [-0.15, -0.1) is 11.3 Å². The molecule has 0 unspecified atom stereocenters. The van der Waals surface area contributed by atoms with Crippen LogP contribution in [0.4, 0.5) is 0 Å². The van der Waals surface area contributed by atoms with E-state index in [0.717, 1.165) is 23.3 Å². The Hall–Kier alpha value is 0.1000. The van der Waals surface area contributed by atoms with Crippen molar-refractivity contribution in [1.29, 1.82) is 0 Å². The first-order chi connectivity index (χ1) is 6.47. The molecule has 0 aliphatic heterocycles. The van der Waals surface area contributed by atoms with Gasteiger partial charge >= 0.3 is 0 Å². The van der Waals surface area contributed by atoms with E-state index in [9.17, 15) is 5.11 Å². The van der Waals surface area contributed by atoms with E-state index in [1.54, 1.807) is 11.3 Å². The highest BCUT2D eigenvalue weighted by Gasteiger charge is 2.10. The van der Waals surface area contributed by atoms with Crippen molar-refractivity contribution >= 4 is 27.3 Å². The molecular weight excluding hydrogens is 262 g/mol. The molecule has 0 bridgehead atoms. The molecule has 4 heteroatoms. The number of aliphatic hydroxyl groups is 1. The monoisotopic (exact) mass is 277 g/mol. The largest absolute Gasteiger partial charge is 0.390 e. The maximum absolute atomic E-state index is 9.47. The van der Waals surface area contributed by atoms with Gasteiger partial charge in [-0.1, -0.05) is 0 Å². The minimum Gasteiger partial charge on any atom is -0.390 e. The molecule has 2 N–H and O–H groups in total. The zero-order chi connectivity index (χ0) is 10.6. The highest BCUT2D eigenvalue weighted by Crippen LogP contribution is 2.21. The van der Waals surface area contributed by atoms with Crippen LogP contribution in [0.15, 0.2) is 15.9 Å². The van der Waals surface area contributed by atoms with Crippen molar-refractivity contribution in [3.05, 3.63) is 20.8 Å². The molecule has 0 aromatic carbocycles. The second kappa shape index (κ2) is 5.26. The van der Waals surface area contributed by atoms with Crippen LogP contribution in [0.2, 0.25) is 0 Å². The summed E-state index contributed by atoms with van der Waals surface area (Å²) < 4.78 is 1.16. The quantitative estimate of drug-likeness (QED) is 0.812. The molecule has 0 aliphatic rings. The summed E-state index contributed by atoms with van der Waals surface area (Å²) in [7, 11) is 0. The minimum absolute atomic E-state index is 0.566. The fourth-order valence-electron chi connectivity index (χ4n) is 1.05. The minimum atomic E-state index is -0.566. The fraction of sp³-hybridized carbons (Fsp3) is 0.600. The third kappa shape index (κ3) is 5.10. The van der Waals surface area contributed by atoms with E-state index in [2.05, 4.69) is 33.4 Å². The van der Waals surface area contributed by atoms with E-state index in [0.29, 0.717) is 0 Å². The van der Waals surface area contributed by atoms with E-state index in [-0.39, 0.29) is 0 Å². The van der Waals surface area contributed by atoms with Gasteiger partial charge in [0, 0.05) is 11.4 Å². The second-order valence-electron chi connectivity index (χ2n) is 3.95. The van der Waals surface area contributed by atoms with Crippen LogP contribution < -0.4 is 5.32 Å². The first kappa shape index (κ1) is 12.2. The van der Waals surface area contributed by atoms with Gasteiger partial charge in [-0.25, -0.2) is 0 Å². The summed E-state index contributed by atoms with van der Waals surface area (Å²) in [5, 5.41) is 12.8. The van der Waals surface area contributed by atoms with Crippen molar-refractivity contribution in [2.75, 3.05) is 6.54 Å². The molecule has 1 aromatic heterocycles. The average molecular weight is 278 g/mol. The average Bonchev–Trinajstić information content (AvgIpc) is 2.44. The lowest BCUT2D eigenvalue weighted by atomic mass is 10.1. The smallest absolute Gasteiger partial charge is 0.0701 e. The Bertz CT molecular complexity index is 280. The summed E-state index contributed by atoms with van der Waals surface area (Å²) in [6, 6.07) is 4.16. The standard InChI is InChI=1S/C10H16BrNOS/c1-10(2,13)5-6-12-7-8-3-4-9(11)14-8/h3-4,12-13H,5-7H2,1-2H3. The molecule has 0 saturated heterocycles. The van der Waals surface area contributed by atoms with E-state index in [4.69, 9.17) is 0 Å². The number of thiophene rings is 1. The zero-order valence-corrected chi connectivity index (χ0v) is 10.9. The van der Waals surface area contributed by atoms with Crippen LogP contribution in [0, 0.1) is 0 Å². The Balaban J connectivity index is 2.16. The summed E-state index contributed by atoms with van der Waals surface area (Å²) in [5.74, 6) is 0. The number of halogens is 1. The Labute approximate surface area is 97.5 Å². The van der Waals surface area contributed by atoms with E-state index in [1.807, 2.05) is 13.8 Å². The van der Waals surface area contributed by atoms with E-state index < -0.39 is 5.60 Å². The van der Waals surface area contributed by atoms with Crippen molar-refractivity contribution in [3.63, 3.8) is 0 Å². The predicted octanol–water partition coefficient (Wildman–Crippen LogP) is 2.76. The first-order valence-electron chi connectivity index (χ1n) is 4.65. The van der Waals surface area contributed by atoms with E-state index >= 15 is 0 Å². The van der Waals surface area contributed by atoms with Gasteiger partial charge in [0.1, 0.15) is 0 Å². The molecule has 1 aromatic rings. The Morgan fingerprint density at radius 3 is 2.71 bits per heavy atom. The van der Waals surface area contributed by atoms with Crippen molar-refractivity contribution in [3.8, 4) is 0 Å². The van der Waals surface area contributed by atoms with Crippen LogP contribution in [-0.4, -0.2) is 17.3 Å². The summed E-state index contributed by atoms with van der Waals surface area (Å²) in [6.45, 7) is 5.39. The third-order valence-electron chi connectivity index (χ3n) is 1.84. The van der Waals surface area contributed by atoms with Gasteiger partial charge in [0.15, 0.2) is 0 Å². The van der Waals surface area contributed by atoms with Crippen LogP contribution in [0.25, 0.3) is 0 Å². The van der Waals surface area contributed by atoms with Gasteiger partial charge in [-0.2, -0.15) is 0 Å². The lowest BCUT2D eigenvalue weighted by Gasteiger charge is -2.16. The summed E-state index contributed by atoms with van der Waals surface area (Å²) in [5.41, 5.74) is -0.566. The highest BCUT2D eigenvalue weighted by molar-refractivity contribution is 9.11. The molecule has 0 saturated carbocycles. The molecular formula is C10H16BrNOS. The molecule has 80 valence electrons.